The fourth-order valence-corrected chi connectivity index (χ4v) is 4.06. The molecule has 1 saturated heterocycles. The second-order valence-electron chi connectivity index (χ2n) is 7.85. The minimum absolute atomic E-state index is 0.0264. The number of anilines is 1. The highest BCUT2D eigenvalue weighted by Crippen LogP contribution is 2.35. The summed E-state index contributed by atoms with van der Waals surface area (Å²) in [4.78, 5) is 31.9. The van der Waals surface area contributed by atoms with Crippen molar-refractivity contribution in [1.29, 1.82) is 0 Å². The number of nitrogens with zero attached hydrogens (tertiary/aromatic N) is 5. The maximum absolute atomic E-state index is 11.7. The minimum atomic E-state index is 0.0264. The highest BCUT2D eigenvalue weighted by Gasteiger charge is 2.34. The number of amides is 1. The zero-order valence-corrected chi connectivity index (χ0v) is 17.2. The molecule has 154 valence electrons. The first-order valence-electron chi connectivity index (χ1n) is 10.2. The third-order valence-corrected chi connectivity index (χ3v) is 5.76. The Morgan fingerprint density at radius 2 is 1.97 bits per heavy atom. The van der Waals surface area contributed by atoms with Gasteiger partial charge in [-0.25, -0.2) is 9.98 Å². The number of carbonyl (C=O) groups excluding carboxylic acids is 1. The number of hydrogen-bond donors (Lipinski definition) is 1. The Bertz CT molecular complexity index is 1210. The minimum Gasteiger partial charge on any atom is -0.339 e. The zero-order valence-electron chi connectivity index (χ0n) is 17.2. The van der Waals surface area contributed by atoms with Crippen LogP contribution in [-0.4, -0.2) is 46.5 Å². The lowest BCUT2D eigenvalue weighted by Crippen LogP contribution is -2.48. The van der Waals surface area contributed by atoms with E-state index >= 15 is 0 Å². The van der Waals surface area contributed by atoms with E-state index < -0.39 is 0 Å². The van der Waals surface area contributed by atoms with E-state index in [1.807, 2.05) is 49.4 Å². The summed E-state index contributed by atoms with van der Waals surface area (Å²) in [5.74, 6) is 0.872. The Morgan fingerprint density at radius 3 is 2.77 bits per heavy atom. The number of aromatic nitrogens is 2. The van der Waals surface area contributed by atoms with Gasteiger partial charge in [0, 0.05) is 42.7 Å². The summed E-state index contributed by atoms with van der Waals surface area (Å²) in [6.45, 7) is 7.24. The number of rotatable bonds is 3. The molecule has 1 N–H and O–H groups in total. The van der Waals surface area contributed by atoms with Gasteiger partial charge in [0.05, 0.1) is 23.5 Å². The van der Waals surface area contributed by atoms with Crippen LogP contribution in [0.25, 0.3) is 11.3 Å². The molecule has 1 aromatic heterocycles. The fourth-order valence-electron chi connectivity index (χ4n) is 4.06. The molecule has 5 rings (SSSR count). The molecule has 2 aliphatic heterocycles. The smallest absolute Gasteiger partial charge is 0.228 e. The van der Waals surface area contributed by atoms with Crippen LogP contribution >= 0.6 is 0 Å². The van der Waals surface area contributed by atoms with Crippen LogP contribution < -0.4 is 5.32 Å². The molecule has 0 bridgehead atoms. The van der Waals surface area contributed by atoms with Crippen LogP contribution in [0.2, 0.25) is 0 Å². The Hall–Kier alpha value is -3.87. The summed E-state index contributed by atoms with van der Waals surface area (Å²) in [6, 6.07) is 13.9. The first kappa shape index (κ1) is 19.1. The molecule has 0 spiro atoms. The topological polar surface area (TPSA) is 82.8 Å². The SMILES string of the molecule is C=N/C(=N\c1ccccc1C)N1CC(c2nccnc2-c2ccc3c(c2)CC(=O)N3)C1. The zero-order chi connectivity index (χ0) is 21.4. The van der Waals surface area contributed by atoms with E-state index in [-0.39, 0.29) is 11.8 Å². The van der Waals surface area contributed by atoms with E-state index in [0.717, 1.165) is 52.5 Å². The average molecular weight is 410 g/mol. The quantitative estimate of drug-likeness (QED) is 0.527. The number of aryl methyl sites for hydroxylation is 1. The van der Waals surface area contributed by atoms with Gasteiger partial charge >= 0.3 is 0 Å². The molecular weight excluding hydrogens is 388 g/mol. The van der Waals surface area contributed by atoms with Gasteiger partial charge in [-0.05, 0) is 43.0 Å². The normalized spacial score (nSPS) is 16.0. The molecule has 0 unspecified atom stereocenters. The molecule has 2 aliphatic rings. The molecule has 3 heterocycles. The van der Waals surface area contributed by atoms with Crippen molar-refractivity contribution in [3.8, 4) is 11.3 Å². The molecule has 3 aromatic rings. The van der Waals surface area contributed by atoms with Gasteiger partial charge in [0.2, 0.25) is 11.9 Å². The van der Waals surface area contributed by atoms with Crippen molar-refractivity contribution in [1.82, 2.24) is 14.9 Å². The average Bonchev–Trinajstić information content (AvgIpc) is 3.13. The molecule has 7 nitrogen and oxygen atoms in total. The number of nitrogens with one attached hydrogen (secondary N) is 1. The van der Waals surface area contributed by atoms with E-state index in [1.54, 1.807) is 12.4 Å². The number of aliphatic imine (C=N–C) groups is 2. The van der Waals surface area contributed by atoms with Gasteiger partial charge in [-0.3, -0.25) is 14.8 Å². The second-order valence-corrected chi connectivity index (χ2v) is 7.85. The van der Waals surface area contributed by atoms with Gasteiger partial charge in [-0.15, -0.1) is 0 Å². The molecule has 1 fully saturated rings. The predicted molar refractivity (Wildman–Crippen MR) is 122 cm³/mol. The van der Waals surface area contributed by atoms with E-state index in [2.05, 4.69) is 31.9 Å². The van der Waals surface area contributed by atoms with Gasteiger partial charge in [-0.2, -0.15) is 0 Å². The molecule has 0 saturated carbocycles. The lowest BCUT2D eigenvalue weighted by molar-refractivity contribution is -0.115. The van der Waals surface area contributed by atoms with Gasteiger partial charge < -0.3 is 10.2 Å². The third kappa shape index (κ3) is 3.59. The number of carbonyl (C=O) groups is 1. The first-order valence-corrected chi connectivity index (χ1v) is 10.2. The molecule has 0 aliphatic carbocycles. The number of fused-ring (bicyclic) bond motifs is 1. The molecule has 7 heteroatoms. The van der Waals surface area contributed by atoms with Gasteiger partial charge in [0.25, 0.3) is 0 Å². The molecule has 0 atom stereocenters. The number of para-hydroxylation sites is 1. The number of likely N-dealkylation sites (tertiary alicyclic amines) is 1. The Morgan fingerprint density at radius 1 is 1.16 bits per heavy atom. The summed E-state index contributed by atoms with van der Waals surface area (Å²) in [7, 11) is 0. The summed E-state index contributed by atoms with van der Waals surface area (Å²) >= 11 is 0. The molecule has 1 amide bonds. The van der Waals surface area contributed by atoms with Crippen LogP contribution in [0.5, 0.6) is 0 Å². The van der Waals surface area contributed by atoms with Crippen molar-refractivity contribution >= 4 is 30.0 Å². The second kappa shape index (κ2) is 7.75. The summed E-state index contributed by atoms with van der Waals surface area (Å²) in [5.41, 5.74) is 6.67. The standard InChI is InChI=1S/C24H22N6O/c1-15-5-3-4-6-19(15)29-24(25-2)30-13-18(14-30)23-22(26-9-10-27-23)16-7-8-20-17(11-16)12-21(31)28-20/h3-11,18H,2,12-14H2,1H3,(H,28,31)/b29-24+. The van der Waals surface area contributed by atoms with E-state index in [1.165, 1.54) is 0 Å². The Labute approximate surface area is 180 Å². The van der Waals surface area contributed by atoms with Crippen molar-refractivity contribution in [2.45, 2.75) is 19.3 Å². The van der Waals surface area contributed by atoms with Crippen molar-refractivity contribution < 1.29 is 4.79 Å². The van der Waals surface area contributed by atoms with E-state index in [4.69, 9.17) is 4.99 Å². The van der Waals surface area contributed by atoms with Crippen molar-refractivity contribution in [2.75, 3.05) is 18.4 Å². The first-order chi connectivity index (χ1) is 15.1. The predicted octanol–water partition coefficient (Wildman–Crippen LogP) is 3.73. The molecule has 31 heavy (non-hydrogen) atoms. The Kier molecular flexibility index (Phi) is 4.78. The van der Waals surface area contributed by atoms with Crippen LogP contribution in [-0.2, 0) is 11.2 Å². The Balaban J connectivity index is 1.38. The van der Waals surface area contributed by atoms with Crippen LogP contribution in [0.15, 0.2) is 64.8 Å². The summed E-state index contributed by atoms with van der Waals surface area (Å²) < 4.78 is 0. The largest absolute Gasteiger partial charge is 0.339 e. The van der Waals surface area contributed by atoms with Crippen molar-refractivity contribution in [3.05, 3.63) is 71.7 Å². The number of guanidine groups is 1. The maximum atomic E-state index is 11.7. The van der Waals surface area contributed by atoms with Crippen molar-refractivity contribution in [2.24, 2.45) is 9.98 Å². The van der Waals surface area contributed by atoms with Crippen LogP contribution in [0.4, 0.5) is 11.4 Å². The van der Waals surface area contributed by atoms with Crippen LogP contribution in [0, 0.1) is 6.92 Å². The lowest BCUT2D eigenvalue weighted by Gasteiger charge is -2.39. The molecular formula is C24H22N6O. The monoisotopic (exact) mass is 410 g/mol. The summed E-state index contributed by atoms with van der Waals surface area (Å²) in [5, 5.41) is 2.87. The van der Waals surface area contributed by atoms with Crippen LogP contribution in [0.3, 0.4) is 0 Å². The number of hydrogen-bond acceptors (Lipinski definition) is 4. The maximum Gasteiger partial charge on any atom is 0.228 e. The molecule has 0 radical (unpaired) electrons. The lowest BCUT2D eigenvalue weighted by atomic mass is 9.92. The fraction of sp³-hybridized carbons (Fsp3) is 0.208. The van der Waals surface area contributed by atoms with E-state index in [9.17, 15) is 4.79 Å². The van der Waals surface area contributed by atoms with Crippen LogP contribution in [0.1, 0.15) is 22.7 Å². The molecule has 2 aromatic carbocycles. The summed E-state index contributed by atoms with van der Waals surface area (Å²) in [6.07, 6.45) is 3.84. The van der Waals surface area contributed by atoms with Gasteiger partial charge in [0.15, 0.2) is 0 Å². The van der Waals surface area contributed by atoms with Gasteiger partial charge in [0.1, 0.15) is 0 Å². The highest BCUT2D eigenvalue weighted by molar-refractivity contribution is 5.99. The van der Waals surface area contributed by atoms with E-state index in [0.29, 0.717) is 12.4 Å². The van der Waals surface area contributed by atoms with Crippen molar-refractivity contribution in [3.63, 3.8) is 0 Å². The number of benzene rings is 2. The third-order valence-electron chi connectivity index (χ3n) is 5.76. The highest BCUT2D eigenvalue weighted by atomic mass is 16.1. The van der Waals surface area contributed by atoms with Gasteiger partial charge in [-0.1, -0.05) is 24.3 Å².